The van der Waals surface area contributed by atoms with Crippen molar-refractivity contribution in [1.29, 1.82) is 0 Å². The van der Waals surface area contributed by atoms with Crippen LogP contribution in [0.5, 0.6) is 11.5 Å². The molecule has 1 aromatic carbocycles. The summed E-state index contributed by atoms with van der Waals surface area (Å²) >= 11 is 1.51. The van der Waals surface area contributed by atoms with Crippen LogP contribution < -0.4 is 14.4 Å². The lowest BCUT2D eigenvalue weighted by Crippen LogP contribution is -2.26. The molecule has 1 aliphatic heterocycles. The molecule has 0 bridgehead atoms. The number of carbonyl (C=O) groups is 1. The number of nitrogens with zero attached hydrogens (tertiary/aromatic N) is 2. The predicted octanol–water partition coefficient (Wildman–Crippen LogP) is 2.77. The number of amides is 1. The van der Waals surface area contributed by atoms with E-state index in [1.54, 1.807) is 30.1 Å². The first-order valence-corrected chi connectivity index (χ1v) is 6.99. The highest BCUT2D eigenvalue weighted by Gasteiger charge is 2.21. The molecular formula is C14H14N2O3S. The average molecular weight is 290 g/mol. The molecular weight excluding hydrogens is 276 g/mol. The van der Waals surface area contributed by atoms with Crippen LogP contribution in [0.3, 0.4) is 0 Å². The standard InChI is InChI=1S/C14H14N2O3S/c1-8-9(2)20-14(15-8)16(3)13(17)10-4-5-11-12(6-10)19-7-18-11/h4-6H,7H2,1-3H3. The van der Waals surface area contributed by atoms with E-state index in [4.69, 9.17) is 9.47 Å². The first-order chi connectivity index (χ1) is 9.56. The van der Waals surface area contributed by atoms with E-state index < -0.39 is 0 Å². The van der Waals surface area contributed by atoms with E-state index in [0.29, 0.717) is 22.2 Å². The number of rotatable bonds is 2. The highest BCUT2D eigenvalue weighted by Crippen LogP contribution is 2.33. The second-order valence-corrected chi connectivity index (χ2v) is 5.75. The number of ether oxygens (including phenoxy) is 2. The molecule has 0 unspecified atom stereocenters. The average Bonchev–Trinajstić information content (AvgIpc) is 3.03. The largest absolute Gasteiger partial charge is 0.454 e. The molecule has 0 saturated carbocycles. The Bertz CT molecular complexity index is 662. The van der Waals surface area contributed by atoms with Crippen LogP contribution in [0.25, 0.3) is 0 Å². The topological polar surface area (TPSA) is 51.7 Å². The van der Waals surface area contributed by atoms with Gasteiger partial charge in [0.25, 0.3) is 5.91 Å². The van der Waals surface area contributed by atoms with Gasteiger partial charge in [-0.25, -0.2) is 4.98 Å². The molecule has 1 aromatic heterocycles. The summed E-state index contributed by atoms with van der Waals surface area (Å²) in [5.74, 6) is 1.16. The summed E-state index contributed by atoms with van der Waals surface area (Å²) in [4.78, 5) is 19.5. The summed E-state index contributed by atoms with van der Waals surface area (Å²) in [6.45, 7) is 4.14. The second-order valence-electron chi connectivity index (χ2n) is 4.57. The molecule has 5 nitrogen and oxygen atoms in total. The summed E-state index contributed by atoms with van der Waals surface area (Å²) in [5, 5.41) is 0.697. The number of thiazole rings is 1. The lowest BCUT2D eigenvalue weighted by Gasteiger charge is -2.13. The molecule has 2 heterocycles. The molecule has 3 rings (SSSR count). The number of aromatic nitrogens is 1. The van der Waals surface area contributed by atoms with Crippen molar-refractivity contribution in [2.45, 2.75) is 13.8 Å². The molecule has 104 valence electrons. The van der Waals surface area contributed by atoms with E-state index in [9.17, 15) is 4.79 Å². The van der Waals surface area contributed by atoms with Crippen LogP contribution in [0.2, 0.25) is 0 Å². The van der Waals surface area contributed by atoms with Gasteiger partial charge in [0.15, 0.2) is 16.6 Å². The Labute approximate surface area is 120 Å². The fraction of sp³-hybridized carbons (Fsp3) is 0.286. The Hall–Kier alpha value is -2.08. The number of hydrogen-bond acceptors (Lipinski definition) is 5. The van der Waals surface area contributed by atoms with Gasteiger partial charge >= 0.3 is 0 Å². The molecule has 0 spiro atoms. The van der Waals surface area contributed by atoms with Crippen molar-refractivity contribution < 1.29 is 14.3 Å². The minimum Gasteiger partial charge on any atom is -0.454 e. The molecule has 0 saturated heterocycles. The van der Waals surface area contributed by atoms with Gasteiger partial charge in [0.2, 0.25) is 6.79 Å². The molecule has 1 amide bonds. The molecule has 0 fully saturated rings. The third-order valence-corrected chi connectivity index (χ3v) is 4.38. The monoisotopic (exact) mass is 290 g/mol. The predicted molar refractivity (Wildman–Crippen MR) is 76.9 cm³/mol. The maximum atomic E-state index is 12.5. The van der Waals surface area contributed by atoms with Gasteiger partial charge in [0, 0.05) is 17.5 Å². The van der Waals surface area contributed by atoms with Crippen LogP contribution >= 0.6 is 11.3 Å². The highest BCUT2D eigenvalue weighted by atomic mass is 32.1. The number of anilines is 1. The van der Waals surface area contributed by atoms with Crippen molar-refractivity contribution in [2.75, 3.05) is 18.7 Å². The number of hydrogen-bond donors (Lipinski definition) is 0. The van der Waals surface area contributed by atoms with Gasteiger partial charge in [-0.05, 0) is 32.0 Å². The van der Waals surface area contributed by atoms with E-state index in [1.807, 2.05) is 13.8 Å². The van der Waals surface area contributed by atoms with Gasteiger partial charge < -0.3 is 9.47 Å². The molecule has 0 aliphatic carbocycles. The molecule has 6 heteroatoms. The Kier molecular flexibility index (Phi) is 3.10. The van der Waals surface area contributed by atoms with Gasteiger partial charge in [-0.3, -0.25) is 9.69 Å². The van der Waals surface area contributed by atoms with E-state index >= 15 is 0 Å². The molecule has 1 aliphatic rings. The van der Waals surface area contributed by atoms with Crippen LogP contribution in [0.15, 0.2) is 18.2 Å². The van der Waals surface area contributed by atoms with Gasteiger partial charge in [-0.15, -0.1) is 11.3 Å². The molecule has 0 radical (unpaired) electrons. The SMILES string of the molecule is Cc1nc(N(C)C(=O)c2ccc3c(c2)OCO3)sc1C. The van der Waals surface area contributed by atoms with Crippen LogP contribution in [0, 0.1) is 13.8 Å². The zero-order valence-corrected chi connectivity index (χ0v) is 12.3. The molecule has 20 heavy (non-hydrogen) atoms. The fourth-order valence-corrected chi connectivity index (χ4v) is 2.78. The van der Waals surface area contributed by atoms with Crippen molar-refractivity contribution >= 4 is 22.4 Å². The first-order valence-electron chi connectivity index (χ1n) is 6.18. The minimum absolute atomic E-state index is 0.114. The van der Waals surface area contributed by atoms with Crippen LogP contribution in [0.1, 0.15) is 20.9 Å². The van der Waals surface area contributed by atoms with Gasteiger partial charge in [-0.1, -0.05) is 0 Å². The summed E-state index contributed by atoms with van der Waals surface area (Å²) < 4.78 is 10.5. The Morgan fingerprint density at radius 2 is 2.05 bits per heavy atom. The first kappa shape index (κ1) is 12.9. The lowest BCUT2D eigenvalue weighted by atomic mass is 10.2. The third-order valence-electron chi connectivity index (χ3n) is 3.23. The van der Waals surface area contributed by atoms with E-state index in [2.05, 4.69) is 4.98 Å². The van der Waals surface area contributed by atoms with Crippen molar-refractivity contribution in [3.63, 3.8) is 0 Å². The number of carbonyl (C=O) groups excluding carboxylic acids is 1. The molecule has 0 atom stereocenters. The maximum absolute atomic E-state index is 12.5. The van der Waals surface area contributed by atoms with Gasteiger partial charge in [-0.2, -0.15) is 0 Å². The van der Waals surface area contributed by atoms with E-state index in [1.165, 1.54) is 11.3 Å². The highest BCUT2D eigenvalue weighted by molar-refractivity contribution is 7.15. The number of aryl methyl sites for hydroxylation is 2. The van der Waals surface area contributed by atoms with Crippen LogP contribution in [0.4, 0.5) is 5.13 Å². The number of benzene rings is 1. The smallest absolute Gasteiger partial charge is 0.259 e. The summed E-state index contributed by atoms with van der Waals surface area (Å²) in [5.41, 5.74) is 1.51. The van der Waals surface area contributed by atoms with Crippen molar-refractivity contribution in [3.8, 4) is 11.5 Å². The fourth-order valence-electron chi connectivity index (χ4n) is 1.91. The molecule has 0 N–H and O–H groups in total. The Balaban J connectivity index is 1.88. The van der Waals surface area contributed by atoms with Crippen molar-refractivity contribution in [3.05, 3.63) is 34.3 Å². The Morgan fingerprint density at radius 1 is 1.30 bits per heavy atom. The minimum atomic E-state index is -0.114. The zero-order chi connectivity index (χ0) is 14.3. The quantitative estimate of drug-likeness (QED) is 0.853. The second kappa shape index (κ2) is 4.79. The van der Waals surface area contributed by atoms with E-state index in [0.717, 1.165) is 10.6 Å². The summed E-state index contributed by atoms with van der Waals surface area (Å²) in [7, 11) is 1.73. The van der Waals surface area contributed by atoms with Crippen molar-refractivity contribution in [1.82, 2.24) is 4.98 Å². The van der Waals surface area contributed by atoms with Crippen LogP contribution in [-0.2, 0) is 0 Å². The lowest BCUT2D eigenvalue weighted by molar-refractivity contribution is 0.0992. The normalized spacial score (nSPS) is 12.6. The van der Waals surface area contributed by atoms with Crippen LogP contribution in [-0.4, -0.2) is 24.7 Å². The van der Waals surface area contributed by atoms with Gasteiger partial charge in [0.1, 0.15) is 0 Å². The third kappa shape index (κ3) is 2.12. The van der Waals surface area contributed by atoms with E-state index in [-0.39, 0.29) is 12.7 Å². The molecule has 2 aromatic rings. The Morgan fingerprint density at radius 3 is 2.75 bits per heavy atom. The zero-order valence-electron chi connectivity index (χ0n) is 11.5. The van der Waals surface area contributed by atoms with Gasteiger partial charge in [0.05, 0.1) is 5.69 Å². The van der Waals surface area contributed by atoms with Crippen molar-refractivity contribution in [2.24, 2.45) is 0 Å². The number of fused-ring (bicyclic) bond motifs is 1. The summed E-state index contributed by atoms with van der Waals surface area (Å²) in [6.07, 6.45) is 0. The maximum Gasteiger partial charge on any atom is 0.259 e. The summed E-state index contributed by atoms with van der Waals surface area (Å²) in [6, 6.07) is 5.19.